The van der Waals surface area contributed by atoms with Crippen LogP contribution in [0, 0.1) is 5.92 Å². The molecule has 134 valence electrons. The van der Waals surface area contributed by atoms with Crippen molar-refractivity contribution < 1.29 is 4.79 Å². The number of carbonyl (C=O) groups is 1. The number of hydrogen-bond acceptors (Lipinski definition) is 5. The Morgan fingerprint density at radius 3 is 2.85 bits per heavy atom. The molecule has 8 heteroatoms. The molecule has 2 N–H and O–H groups in total. The summed E-state index contributed by atoms with van der Waals surface area (Å²) in [6.07, 6.45) is 4.17. The minimum atomic E-state index is -0.179. The van der Waals surface area contributed by atoms with Crippen molar-refractivity contribution in [2.75, 3.05) is 18.9 Å². The van der Waals surface area contributed by atoms with E-state index in [9.17, 15) is 9.59 Å². The minimum absolute atomic E-state index is 0.0455. The summed E-state index contributed by atoms with van der Waals surface area (Å²) in [4.78, 5) is 33.4. The number of amides is 1. The maximum Gasteiger partial charge on any atom is 0.260 e. The number of nitrogens with one attached hydrogen (secondary N) is 2. The highest BCUT2D eigenvalue weighted by Crippen LogP contribution is 2.36. The van der Waals surface area contributed by atoms with Crippen molar-refractivity contribution in [1.82, 2.24) is 24.6 Å². The molecule has 1 aliphatic rings. The molecule has 0 spiro atoms. The van der Waals surface area contributed by atoms with Gasteiger partial charge in [0.2, 0.25) is 11.9 Å². The van der Waals surface area contributed by atoms with Crippen molar-refractivity contribution in [3.63, 3.8) is 0 Å². The number of aromatic nitrogens is 4. The van der Waals surface area contributed by atoms with E-state index in [0.717, 1.165) is 5.56 Å². The highest BCUT2D eigenvalue weighted by Gasteiger charge is 2.38. The van der Waals surface area contributed by atoms with Gasteiger partial charge >= 0.3 is 0 Å². The van der Waals surface area contributed by atoms with Crippen LogP contribution in [0.25, 0.3) is 10.9 Å². The van der Waals surface area contributed by atoms with E-state index in [1.807, 2.05) is 32.4 Å². The number of nitrogens with zero attached hydrogens (tertiary/aromatic N) is 4. The van der Waals surface area contributed by atoms with Crippen molar-refractivity contribution in [3.8, 4) is 0 Å². The van der Waals surface area contributed by atoms with Crippen LogP contribution >= 0.6 is 0 Å². The third-order valence-electron chi connectivity index (χ3n) is 4.90. The fourth-order valence-corrected chi connectivity index (χ4v) is 3.62. The second-order valence-corrected chi connectivity index (χ2v) is 6.67. The van der Waals surface area contributed by atoms with Gasteiger partial charge in [0.1, 0.15) is 0 Å². The van der Waals surface area contributed by atoms with Crippen LogP contribution in [0.3, 0.4) is 0 Å². The van der Waals surface area contributed by atoms with Gasteiger partial charge in [-0.15, -0.1) is 0 Å². The van der Waals surface area contributed by atoms with Crippen LogP contribution in [0.4, 0.5) is 5.95 Å². The monoisotopic (exact) mass is 352 g/mol. The molecule has 3 heterocycles. The largest absolute Gasteiger partial charge is 0.355 e. The number of H-pyrrole nitrogens is 1. The SMILES string of the molecule is CN1C(=O)C[C@@H](CNc2nc3ccccc3c(=O)[nH]2)[C@@H]1c1cnn(C)c1. The molecule has 1 aromatic carbocycles. The number of likely N-dealkylation sites (tertiary alicyclic amines) is 1. The summed E-state index contributed by atoms with van der Waals surface area (Å²) in [5.74, 6) is 0.583. The predicted octanol–water partition coefficient (Wildman–Crippen LogP) is 1.29. The maximum atomic E-state index is 12.2. The minimum Gasteiger partial charge on any atom is -0.355 e. The lowest BCUT2D eigenvalue weighted by molar-refractivity contribution is -0.127. The molecule has 0 unspecified atom stereocenters. The number of aromatic amines is 1. The van der Waals surface area contributed by atoms with Crippen LogP contribution in [-0.2, 0) is 11.8 Å². The molecule has 0 aliphatic carbocycles. The molecule has 0 radical (unpaired) electrons. The van der Waals surface area contributed by atoms with Gasteiger partial charge in [-0.3, -0.25) is 19.3 Å². The lowest BCUT2D eigenvalue weighted by Gasteiger charge is -2.24. The standard InChI is InChI=1S/C18H20N6O2/c1-23-10-12(9-20-23)16-11(7-15(25)24(16)2)8-19-18-21-14-6-4-3-5-13(14)17(26)22-18/h3-6,9-11,16H,7-8H2,1-2H3,(H2,19,21,22,26)/t11-,16+/m0/s1. The second-order valence-electron chi connectivity index (χ2n) is 6.67. The molecule has 1 amide bonds. The van der Waals surface area contributed by atoms with Gasteiger partial charge in [-0.05, 0) is 12.1 Å². The Morgan fingerprint density at radius 1 is 1.27 bits per heavy atom. The maximum absolute atomic E-state index is 12.2. The summed E-state index contributed by atoms with van der Waals surface area (Å²) in [6.45, 7) is 0.525. The van der Waals surface area contributed by atoms with Gasteiger partial charge in [-0.25, -0.2) is 4.98 Å². The summed E-state index contributed by atoms with van der Waals surface area (Å²) in [5.41, 5.74) is 1.47. The molecule has 8 nitrogen and oxygen atoms in total. The molecule has 1 aliphatic heterocycles. The summed E-state index contributed by atoms with van der Waals surface area (Å²) in [6, 6.07) is 7.16. The number of anilines is 1. The van der Waals surface area contributed by atoms with E-state index in [1.165, 1.54) is 0 Å². The Hall–Kier alpha value is -3.16. The first-order valence-corrected chi connectivity index (χ1v) is 8.50. The number of hydrogen-bond donors (Lipinski definition) is 2. The van der Waals surface area contributed by atoms with Gasteiger partial charge in [0.15, 0.2) is 0 Å². The lowest BCUT2D eigenvalue weighted by Crippen LogP contribution is -2.27. The van der Waals surface area contributed by atoms with E-state index in [2.05, 4.69) is 20.4 Å². The lowest BCUT2D eigenvalue weighted by atomic mass is 9.96. The smallest absolute Gasteiger partial charge is 0.260 e. The molecule has 26 heavy (non-hydrogen) atoms. The van der Waals surface area contributed by atoms with Crippen LogP contribution in [0.2, 0.25) is 0 Å². The predicted molar refractivity (Wildman–Crippen MR) is 97.7 cm³/mol. The van der Waals surface area contributed by atoms with Crippen LogP contribution in [0.5, 0.6) is 0 Å². The Morgan fingerprint density at radius 2 is 2.08 bits per heavy atom. The van der Waals surface area contributed by atoms with Crippen molar-refractivity contribution in [2.24, 2.45) is 13.0 Å². The first-order valence-electron chi connectivity index (χ1n) is 8.50. The fourth-order valence-electron chi connectivity index (χ4n) is 3.62. The molecule has 4 rings (SSSR count). The zero-order valence-electron chi connectivity index (χ0n) is 14.6. The zero-order chi connectivity index (χ0) is 18.3. The molecular weight excluding hydrogens is 332 g/mol. The Kier molecular flexibility index (Phi) is 3.95. The van der Waals surface area contributed by atoms with Gasteiger partial charge in [0, 0.05) is 44.7 Å². The van der Waals surface area contributed by atoms with Crippen molar-refractivity contribution in [2.45, 2.75) is 12.5 Å². The van der Waals surface area contributed by atoms with Gasteiger partial charge in [-0.2, -0.15) is 5.10 Å². The van der Waals surface area contributed by atoms with E-state index in [-0.39, 0.29) is 23.4 Å². The summed E-state index contributed by atoms with van der Waals surface area (Å²) in [7, 11) is 3.67. The number of carbonyl (C=O) groups excluding carboxylic acids is 1. The third kappa shape index (κ3) is 2.83. The molecule has 0 bridgehead atoms. The number of aryl methyl sites for hydroxylation is 1. The molecular formula is C18H20N6O2. The highest BCUT2D eigenvalue weighted by molar-refractivity contribution is 5.80. The van der Waals surface area contributed by atoms with E-state index in [4.69, 9.17) is 0 Å². The quantitative estimate of drug-likeness (QED) is 0.738. The Bertz CT molecular complexity index is 1020. The first-order chi connectivity index (χ1) is 12.5. The highest BCUT2D eigenvalue weighted by atomic mass is 16.2. The molecule has 1 fully saturated rings. The topological polar surface area (TPSA) is 95.9 Å². The summed E-state index contributed by atoms with van der Waals surface area (Å²) < 4.78 is 1.73. The number of benzene rings is 1. The third-order valence-corrected chi connectivity index (χ3v) is 4.90. The normalized spacial score (nSPS) is 20.1. The van der Waals surface area contributed by atoms with Crippen molar-refractivity contribution in [1.29, 1.82) is 0 Å². The fraction of sp³-hybridized carbons (Fsp3) is 0.333. The van der Waals surface area contributed by atoms with E-state index in [0.29, 0.717) is 29.8 Å². The molecule has 2 atom stereocenters. The summed E-state index contributed by atoms with van der Waals surface area (Å²) in [5, 5.41) is 7.97. The molecule has 0 saturated carbocycles. The Balaban J connectivity index is 1.56. The van der Waals surface area contributed by atoms with E-state index >= 15 is 0 Å². The zero-order valence-corrected chi connectivity index (χ0v) is 14.6. The summed E-state index contributed by atoms with van der Waals surface area (Å²) >= 11 is 0. The van der Waals surface area contributed by atoms with Gasteiger partial charge < -0.3 is 10.2 Å². The number of para-hydroxylation sites is 1. The van der Waals surface area contributed by atoms with Crippen LogP contribution in [0.1, 0.15) is 18.0 Å². The molecule has 2 aromatic heterocycles. The van der Waals surface area contributed by atoms with Crippen molar-refractivity contribution >= 4 is 22.8 Å². The van der Waals surface area contributed by atoms with Crippen LogP contribution < -0.4 is 10.9 Å². The Labute approximate surface area is 149 Å². The first kappa shape index (κ1) is 16.3. The van der Waals surface area contributed by atoms with Gasteiger partial charge in [-0.1, -0.05) is 12.1 Å². The average molecular weight is 352 g/mol. The average Bonchev–Trinajstić information content (AvgIpc) is 3.16. The van der Waals surface area contributed by atoms with E-state index < -0.39 is 0 Å². The van der Waals surface area contributed by atoms with Crippen LogP contribution in [0.15, 0.2) is 41.5 Å². The van der Waals surface area contributed by atoms with Gasteiger partial charge in [0.25, 0.3) is 5.56 Å². The number of fused-ring (bicyclic) bond motifs is 1. The van der Waals surface area contributed by atoms with E-state index in [1.54, 1.807) is 27.9 Å². The molecule has 1 saturated heterocycles. The van der Waals surface area contributed by atoms with Crippen LogP contribution in [-0.4, -0.2) is 44.1 Å². The number of rotatable bonds is 4. The van der Waals surface area contributed by atoms with Crippen molar-refractivity contribution in [3.05, 3.63) is 52.6 Å². The van der Waals surface area contributed by atoms with Gasteiger partial charge in [0.05, 0.1) is 23.1 Å². The molecule has 3 aromatic rings. The second kappa shape index (κ2) is 6.29.